The molecule has 0 spiro atoms. The molecule has 1 aromatic heterocycles. The number of hydrogen-bond donors (Lipinski definition) is 1. The van der Waals surface area contributed by atoms with Gasteiger partial charge in [0.25, 0.3) is 5.91 Å². The number of amides is 1. The Hall–Kier alpha value is -1.42. The molecule has 1 amide bonds. The maximum absolute atomic E-state index is 11.3. The number of nitrogens with one attached hydrogen (secondary N) is 1. The van der Waals surface area contributed by atoms with Crippen LogP contribution in [0.15, 0.2) is 24.5 Å². The maximum atomic E-state index is 11.3. The summed E-state index contributed by atoms with van der Waals surface area (Å²) in [5.41, 5.74) is 0.677. The van der Waals surface area contributed by atoms with E-state index < -0.39 is 6.10 Å². The van der Waals surface area contributed by atoms with Crippen LogP contribution in [-0.4, -0.2) is 24.1 Å². The van der Waals surface area contributed by atoms with Crippen molar-refractivity contribution in [1.29, 1.82) is 0 Å². The van der Waals surface area contributed by atoms with E-state index in [1.54, 1.807) is 31.5 Å². The molecule has 13 heavy (non-hydrogen) atoms. The topological polar surface area (TPSA) is 51.2 Å². The number of anilines is 1. The zero-order valence-electron chi connectivity index (χ0n) is 7.65. The fraction of sp³-hybridized carbons (Fsp3) is 0.333. The summed E-state index contributed by atoms with van der Waals surface area (Å²) in [6.45, 7) is 1.69. The Balaban J connectivity index is 2.55. The van der Waals surface area contributed by atoms with Crippen LogP contribution < -0.4 is 5.32 Å². The number of ether oxygens (including phenoxy) is 1. The van der Waals surface area contributed by atoms with Crippen LogP contribution in [0.4, 0.5) is 5.69 Å². The van der Waals surface area contributed by atoms with E-state index in [0.29, 0.717) is 5.69 Å². The van der Waals surface area contributed by atoms with E-state index in [1.165, 1.54) is 7.11 Å². The van der Waals surface area contributed by atoms with E-state index in [-0.39, 0.29) is 5.91 Å². The summed E-state index contributed by atoms with van der Waals surface area (Å²) >= 11 is 0. The lowest BCUT2D eigenvalue weighted by atomic mass is 10.3. The van der Waals surface area contributed by atoms with Crippen molar-refractivity contribution in [3.05, 3.63) is 24.5 Å². The average Bonchev–Trinajstić information content (AvgIpc) is 2.18. The number of nitrogens with zero attached hydrogens (tertiary/aromatic N) is 1. The monoisotopic (exact) mass is 180 g/mol. The van der Waals surface area contributed by atoms with Crippen LogP contribution in [0.25, 0.3) is 0 Å². The molecule has 0 aliphatic rings. The quantitative estimate of drug-likeness (QED) is 0.756. The van der Waals surface area contributed by atoms with E-state index in [4.69, 9.17) is 4.74 Å². The van der Waals surface area contributed by atoms with Gasteiger partial charge in [-0.2, -0.15) is 0 Å². The molecule has 1 aromatic rings. The highest BCUT2D eigenvalue weighted by molar-refractivity contribution is 5.93. The van der Waals surface area contributed by atoms with Gasteiger partial charge in [-0.05, 0) is 19.1 Å². The van der Waals surface area contributed by atoms with Crippen LogP contribution in [0.5, 0.6) is 0 Å². The first-order valence-corrected chi connectivity index (χ1v) is 3.97. The molecule has 0 saturated heterocycles. The number of hydrogen-bond acceptors (Lipinski definition) is 3. The van der Waals surface area contributed by atoms with Gasteiger partial charge in [0, 0.05) is 13.3 Å². The Morgan fingerprint density at radius 1 is 1.69 bits per heavy atom. The van der Waals surface area contributed by atoms with Gasteiger partial charge in [0.1, 0.15) is 6.10 Å². The second-order valence-electron chi connectivity index (χ2n) is 2.61. The SMILES string of the molecule is COC(C)C(=O)Nc1cccnc1. The fourth-order valence-electron chi connectivity index (χ4n) is 0.788. The Morgan fingerprint density at radius 2 is 2.46 bits per heavy atom. The molecule has 70 valence electrons. The third kappa shape index (κ3) is 2.83. The summed E-state index contributed by atoms with van der Waals surface area (Å²) in [6, 6.07) is 3.53. The van der Waals surface area contributed by atoms with Crippen LogP contribution in [0, 0.1) is 0 Å². The van der Waals surface area contributed by atoms with Crippen molar-refractivity contribution >= 4 is 11.6 Å². The van der Waals surface area contributed by atoms with Crippen LogP contribution >= 0.6 is 0 Å². The summed E-state index contributed by atoms with van der Waals surface area (Å²) < 4.78 is 4.85. The van der Waals surface area contributed by atoms with Gasteiger partial charge in [-0.15, -0.1) is 0 Å². The minimum atomic E-state index is -0.444. The number of rotatable bonds is 3. The molecular formula is C9H12N2O2. The number of carbonyl (C=O) groups excluding carboxylic acids is 1. The van der Waals surface area contributed by atoms with E-state index in [0.717, 1.165) is 0 Å². The average molecular weight is 180 g/mol. The molecule has 0 radical (unpaired) electrons. The predicted molar refractivity (Wildman–Crippen MR) is 49.3 cm³/mol. The lowest BCUT2D eigenvalue weighted by Gasteiger charge is -2.09. The Labute approximate surface area is 76.9 Å². The first kappa shape index (κ1) is 9.67. The van der Waals surface area contributed by atoms with Crippen molar-refractivity contribution in [2.75, 3.05) is 12.4 Å². The van der Waals surface area contributed by atoms with E-state index in [2.05, 4.69) is 10.3 Å². The highest BCUT2D eigenvalue weighted by Gasteiger charge is 2.10. The van der Waals surface area contributed by atoms with Crippen LogP contribution in [0.3, 0.4) is 0 Å². The maximum Gasteiger partial charge on any atom is 0.253 e. The van der Waals surface area contributed by atoms with Crippen LogP contribution in [0.1, 0.15) is 6.92 Å². The standard InChI is InChI=1S/C9H12N2O2/c1-7(13-2)9(12)11-8-4-3-5-10-6-8/h3-7H,1-2H3,(H,11,12). The summed E-state index contributed by atoms with van der Waals surface area (Å²) in [5.74, 6) is -0.171. The van der Waals surface area contributed by atoms with Gasteiger partial charge in [-0.25, -0.2) is 0 Å². The first-order valence-electron chi connectivity index (χ1n) is 3.97. The molecule has 0 bridgehead atoms. The zero-order valence-corrected chi connectivity index (χ0v) is 7.65. The molecule has 1 rings (SSSR count). The normalized spacial score (nSPS) is 12.2. The third-order valence-corrected chi connectivity index (χ3v) is 1.65. The van der Waals surface area contributed by atoms with Crippen molar-refractivity contribution in [2.45, 2.75) is 13.0 Å². The van der Waals surface area contributed by atoms with Gasteiger partial charge < -0.3 is 10.1 Å². The second-order valence-corrected chi connectivity index (χ2v) is 2.61. The summed E-state index contributed by atoms with van der Waals surface area (Å²) in [5, 5.41) is 2.67. The van der Waals surface area contributed by atoms with Gasteiger partial charge in [0.2, 0.25) is 0 Å². The lowest BCUT2D eigenvalue weighted by molar-refractivity contribution is -0.124. The molecule has 1 N–H and O–H groups in total. The highest BCUT2D eigenvalue weighted by atomic mass is 16.5. The van der Waals surface area contributed by atoms with Crippen LogP contribution in [0.2, 0.25) is 0 Å². The minimum Gasteiger partial charge on any atom is -0.372 e. The van der Waals surface area contributed by atoms with Gasteiger partial charge in [-0.3, -0.25) is 9.78 Å². The van der Waals surface area contributed by atoms with Crippen LogP contribution in [-0.2, 0) is 9.53 Å². The molecule has 0 aliphatic heterocycles. The number of pyridine rings is 1. The molecule has 0 aliphatic carbocycles. The van der Waals surface area contributed by atoms with Crippen molar-refractivity contribution in [3.63, 3.8) is 0 Å². The molecular weight excluding hydrogens is 168 g/mol. The van der Waals surface area contributed by atoms with Gasteiger partial charge >= 0.3 is 0 Å². The number of aromatic nitrogens is 1. The van der Waals surface area contributed by atoms with Crippen molar-refractivity contribution < 1.29 is 9.53 Å². The largest absolute Gasteiger partial charge is 0.372 e. The molecule has 1 atom stereocenters. The third-order valence-electron chi connectivity index (χ3n) is 1.65. The molecule has 0 fully saturated rings. The molecule has 0 aromatic carbocycles. The number of carbonyl (C=O) groups is 1. The highest BCUT2D eigenvalue weighted by Crippen LogP contribution is 2.03. The van der Waals surface area contributed by atoms with Gasteiger partial charge in [-0.1, -0.05) is 0 Å². The van der Waals surface area contributed by atoms with E-state index >= 15 is 0 Å². The summed E-state index contributed by atoms with van der Waals surface area (Å²) in [6.07, 6.45) is 2.79. The Morgan fingerprint density at radius 3 is 3.00 bits per heavy atom. The van der Waals surface area contributed by atoms with Crippen molar-refractivity contribution in [1.82, 2.24) is 4.98 Å². The van der Waals surface area contributed by atoms with E-state index in [9.17, 15) is 4.79 Å². The summed E-state index contributed by atoms with van der Waals surface area (Å²) in [4.78, 5) is 15.1. The smallest absolute Gasteiger partial charge is 0.253 e. The van der Waals surface area contributed by atoms with Gasteiger partial charge in [0.05, 0.1) is 11.9 Å². The van der Waals surface area contributed by atoms with Crippen molar-refractivity contribution in [3.8, 4) is 0 Å². The first-order chi connectivity index (χ1) is 6.24. The number of methoxy groups -OCH3 is 1. The summed E-state index contributed by atoms with van der Waals surface area (Å²) in [7, 11) is 1.49. The molecule has 1 heterocycles. The molecule has 4 heteroatoms. The zero-order chi connectivity index (χ0) is 9.68. The van der Waals surface area contributed by atoms with Gasteiger partial charge in [0.15, 0.2) is 0 Å². The molecule has 0 saturated carbocycles. The Kier molecular flexibility index (Phi) is 3.40. The Bertz CT molecular complexity index is 274. The molecule has 4 nitrogen and oxygen atoms in total. The lowest BCUT2D eigenvalue weighted by Crippen LogP contribution is -2.26. The van der Waals surface area contributed by atoms with E-state index in [1.807, 2.05) is 0 Å². The predicted octanol–water partition coefficient (Wildman–Crippen LogP) is 1.06. The van der Waals surface area contributed by atoms with Crippen molar-refractivity contribution in [2.24, 2.45) is 0 Å². The minimum absolute atomic E-state index is 0.171. The second kappa shape index (κ2) is 4.57. The fourth-order valence-corrected chi connectivity index (χ4v) is 0.788. The molecule has 1 unspecified atom stereocenters.